The van der Waals surface area contributed by atoms with E-state index in [0.29, 0.717) is 11.3 Å². The molecule has 0 radical (unpaired) electrons. The average Bonchev–Trinajstić information content (AvgIpc) is 2.99. The lowest BCUT2D eigenvalue weighted by atomic mass is 10.2. The van der Waals surface area contributed by atoms with E-state index in [1.807, 2.05) is 30.3 Å². The third kappa shape index (κ3) is 2.99. The maximum atomic E-state index is 12.8. The Bertz CT molecular complexity index is 934. The summed E-state index contributed by atoms with van der Waals surface area (Å²) in [6, 6.07) is 14.5. The summed E-state index contributed by atoms with van der Waals surface area (Å²) in [5.74, 6) is -2.89. The molecule has 0 saturated heterocycles. The number of benzene rings is 2. The standard InChI is InChI=1S/C17H15F2NO3S/c1-11(15-10-12-6-2-4-8-14(12)23-15)20-13-7-3-5-9-16(13)24(21,22)17(18)19/h2-11,17,20H,1H3/t11-/m1/s1. The molecule has 126 valence electrons. The second-order valence-electron chi connectivity index (χ2n) is 5.35. The summed E-state index contributed by atoms with van der Waals surface area (Å²) in [6.07, 6.45) is 0. The molecular weight excluding hydrogens is 336 g/mol. The zero-order valence-electron chi connectivity index (χ0n) is 12.7. The Balaban J connectivity index is 1.94. The number of sulfone groups is 1. The minimum Gasteiger partial charge on any atom is -0.459 e. The van der Waals surface area contributed by atoms with E-state index in [0.717, 1.165) is 11.5 Å². The molecule has 2 aromatic carbocycles. The largest absolute Gasteiger partial charge is 0.459 e. The van der Waals surface area contributed by atoms with Crippen molar-refractivity contribution in [1.29, 1.82) is 0 Å². The molecule has 4 nitrogen and oxygen atoms in total. The van der Waals surface area contributed by atoms with Gasteiger partial charge in [-0.1, -0.05) is 30.3 Å². The molecule has 3 rings (SSSR count). The van der Waals surface area contributed by atoms with Crippen LogP contribution < -0.4 is 5.32 Å². The second kappa shape index (κ2) is 6.24. The lowest BCUT2D eigenvalue weighted by Crippen LogP contribution is -2.15. The molecule has 3 aromatic rings. The fraction of sp³-hybridized carbons (Fsp3) is 0.176. The number of hydrogen-bond acceptors (Lipinski definition) is 4. The quantitative estimate of drug-likeness (QED) is 0.730. The van der Waals surface area contributed by atoms with Gasteiger partial charge < -0.3 is 9.73 Å². The van der Waals surface area contributed by atoms with Gasteiger partial charge in [0.1, 0.15) is 11.3 Å². The van der Waals surface area contributed by atoms with E-state index in [1.54, 1.807) is 13.0 Å². The molecule has 24 heavy (non-hydrogen) atoms. The predicted octanol–water partition coefficient (Wildman–Crippen LogP) is 4.60. The number of fused-ring (bicyclic) bond motifs is 1. The first-order chi connectivity index (χ1) is 11.4. The van der Waals surface area contributed by atoms with Crippen LogP contribution in [-0.2, 0) is 9.84 Å². The van der Waals surface area contributed by atoms with E-state index in [4.69, 9.17) is 4.42 Å². The number of para-hydroxylation sites is 2. The van der Waals surface area contributed by atoms with E-state index in [2.05, 4.69) is 5.32 Å². The second-order valence-corrected chi connectivity index (χ2v) is 7.24. The third-order valence-electron chi connectivity index (χ3n) is 3.67. The van der Waals surface area contributed by atoms with Crippen molar-refractivity contribution < 1.29 is 21.6 Å². The van der Waals surface area contributed by atoms with Gasteiger partial charge in [-0.25, -0.2) is 8.42 Å². The van der Waals surface area contributed by atoms with E-state index in [9.17, 15) is 17.2 Å². The minimum absolute atomic E-state index is 0.116. The number of anilines is 1. The summed E-state index contributed by atoms with van der Waals surface area (Å²) in [5.41, 5.74) is 0.820. The molecule has 0 saturated carbocycles. The number of alkyl halides is 2. The molecule has 0 aliphatic carbocycles. The Hall–Kier alpha value is -2.41. The Kier molecular flexibility index (Phi) is 4.28. The molecule has 0 aliphatic heterocycles. The zero-order chi connectivity index (χ0) is 17.3. The SMILES string of the molecule is C[C@@H](Nc1ccccc1S(=O)(=O)C(F)F)c1cc2ccccc2o1. The van der Waals surface area contributed by atoms with E-state index in [-0.39, 0.29) is 5.69 Å². The lowest BCUT2D eigenvalue weighted by Gasteiger charge is -2.16. The van der Waals surface area contributed by atoms with Crippen molar-refractivity contribution in [2.24, 2.45) is 0 Å². The number of rotatable bonds is 5. The van der Waals surface area contributed by atoms with Crippen LogP contribution in [0.2, 0.25) is 0 Å². The fourth-order valence-corrected chi connectivity index (χ4v) is 3.34. The van der Waals surface area contributed by atoms with Crippen LogP contribution in [0.4, 0.5) is 14.5 Å². The first-order valence-electron chi connectivity index (χ1n) is 7.25. The van der Waals surface area contributed by atoms with Crippen molar-refractivity contribution in [2.75, 3.05) is 5.32 Å². The molecule has 1 N–H and O–H groups in total. The number of furan rings is 1. The van der Waals surface area contributed by atoms with Gasteiger partial charge in [-0.15, -0.1) is 0 Å². The van der Waals surface area contributed by atoms with E-state index in [1.165, 1.54) is 12.1 Å². The smallest absolute Gasteiger partial charge is 0.341 e. The Morgan fingerprint density at radius 3 is 2.42 bits per heavy atom. The molecule has 1 heterocycles. The molecule has 0 spiro atoms. The molecule has 1 atom stereocenters. The highest BCUT2D eigenvalue weighted by Crippen LogP contribution is 2.31. The van der Waals surface area contributed by atoms with Gasteiger partial charge in [-0.05, 0) is 31.2 Å². The summed E-state index contributed by atoms with van der Waals surface area (Å²) < 4.78 is 55.0. The van der Waals surface area contributed by atoms with E-state index < -0.39 is 26.5 Å². The van der Waals surface area contributed by atoms with Crippen LogP contribution >= 0.6 is 0 Å². The highest BCUT2D eigenvalue weighted by molar-refractivity contribution is 7.91. The topological polar surface area (TPSA) is 59.3 Å². The molecule has 0 aliphatic rings. The summed E-state index contributed by atoms with van der Waals surface area (Å²) in [7, 11) is -4.69. The van der Waals surface area contributed by atoms with Crippen molar-refractivity contribution >= 4 is 26.5 Å². The van der Waals surface area contributed by atoms with Crippen molar-refractivity contribution in [3.8, 4) is 0 Å². The molecule has 0 bridgehead atoms. The zero-order valence-corrected chi connectivity index (χ0v) is 13.6. The lowest BCUT2D eigenvalue weighted by molar-refractivity contribution is 0.235. The average molecular weight is 351 g/mol. The summed E-state index contributed by atoms with van der Waals surface area (Å²) in [6.45, 7) is 1.77. The van der Waals surface area contributed by atoms with Crippen molar-refractivity contribution in [1.82, 2.24) is 0 Å². The van der Waals surface area contributed by atoms with Crippen LogP contribution in [0.1, 0.15) is 18.7 Å². The molecule has 0 amide bonds. The Morgan fingerprint density at radius 2 is 1.71 bits per heavy atom. The van der Waals surface area contributed by atoms with Gasteiger partial charge in [0.15, 0.2) is 0 Å². The normalized spacial score (nSPS) is 13.3. The molecule has 0 fully saturated rings. The van der Waals surface area contributed by atoms with Crippen LogP contribution in [0.3, 0.4) is 0 Å². The van der Waals surface area contributed by atoms with Crippen LogP contribution in [-0.4, -0.2) is 14.2 Å². The molecule has 1 aromatic heterocycles. The van der Waals surface area contributed by atoms with Crippen LogP contribution in [0.5, 0.6) is 0 Å². The first kappa shape index (κ1) is 16.4. The van der Waals surface area contributed by atoms with Gasteiger partial charge in [0.05, 0.1) is 16.6 Å². The molecular formula is C17H15F2NO3S. The van der Waals surface area contributed by atoms with Gasteiger partial charge in [-0.2, -0.15) is 8.78 Å². The van der Waals surface area contributed by atoms with Crippen molar-refractivity contribution in [3.05, 3.63) is 60.4 Å². The van der Waals surface area contributed by atoms with Crippen molar-refractivity contribution in [2.45, 2.75) is 23.6 Å². The van der Waals surface area contributed by atoms with Gasteiger partial charge in [-0.3, -0.25) is 0 Å². The van der Waals surface area contributed by atoms with Crippen molar-refractivity contribution in [3.63, 3.8) is 0 Å². The van der Waals surface area contributed by atoms with E-state index >= 15 is 0 Å². The summed E-state index contributed by atoms with van der Waals surface area (Å²) in [4.78, 5) is -0.428. The molecule has 7 heteroatoms. The summed E-state index contributed by atoms with van der Waals surface area (Å²) >= 11 is 0. The maximum absolute atomic E-state index is 12.8. The van der Waals surface area contributed by atoms with Gasteiger partial charge in [0.2, 0.25) is 9.84 Å². The van der Waals surface area contributed by atoms with Gasteiger partial charge in [0.25, 0.3) is 0 Å². The highest BCUT2D eigenvalue weighted by Gasteiger charge is 2.29. The van der Waals surface area contributed by atoms with Crippen LogP contribution in [0.25, 0.3) is 11.0 Å². The fourth-order valence-electron chi connectivity index (χ4n) is 2.45. The minimum atomic E-state index is -4.69. The van der Waals surface area contributed by atoms with Gasteiger partial charge >= 0.3 is 5.76 Å². The predicted molar refractivity (Wildman–Crippen MR) is 87.9 cm³/mol. The Labute approximate surface area is 138 Å². The Morgan fingerprint density at radius 1 is 1.04 bits per heavy atom. The summed E-state index contributed by atoms with van der Waals surface area (Å²) in [5, 5.41) is 3.85. The van der Waals surface area contributed by atoms with Gasteiger partial charge in [0, 0.05) is 5.39 Å². The maximum Gasteiger partial charge on any atom is 0.341 e. The monoisotopic (exact) mass is 351 g/mol. The number of halogens is 2. The van der Waals surface area contributed by atoms with Crippen LogP contribution in [0.15, 0.2) is 63.9 Å². The number of hydrogen-bond donors (Lipinski definition) is 1. The van der Waals surface area contributed by atoms with Crippen LogP contribution in [0, 0.1) is 0 Å². The third-order valence-corrected chi connectivity index (χ3v) is 5.11. The molecule has 0 unspecified atom stereocenters. The number of nitrogens with one attached hydrogen (secondary N) is 1. The first-order valence-corrected chi connectivity index (χ1v) is 8.80. The highest BCUT2D eigenvalue weighted by atomic mass is 32.2.